The van der Waals surface area contributed by atoms with Crippen LogP contribution in [0.5, 0.6) is 5.75 Å². The number of fused-ring (bicyclic) bond motifs is 1. The first-order valence-corrected chi connectivity index (χ1v) is 7.48. The maximum absolute atomic E-state index is 11.2. The summed E-state index contributed by atoms with van der Waals surface area (Å²) in [6.45, 7) is 4.24. The molecular formula is C19H22O2. The fourth-order valence-electron chi connectivity index (χ4n) is 3.41. The molecule has 0 aliphatic heterocycles. The second-order valence-electron chi connectivity index (χ2n) is 6.10. The van der Waals surface area contributed by atoms with Crippen LogP contribution >= 0.6 is 0 Å². The lowest BCUT2D eigenvalue weighted by atomic mass is 9.85. The molecule has 2 nitrogen and oxygen atoms in total. The van der Waals surface area contributed by atoms with Crippen LogP contribution in [0.25, 0.3) is 0 Å². The van der Waals surface area contributed by atoms with Crippen LogP contribution in [0.4, 0.5) is 0 Å². The molecule has 0 aromatic heterocycles. The SMILES string of the molecule is COc1ccc2c(c1)C(O)(Cc1c(C)cccc1C)CC2. The lowest BCUT2D eigenvalue weighted by Crippen LogP contribution is -2.26. The average Bonchev–Trinajstić information content (AvgIpc) is 2.80. The van der Waals surface area contributed by atoms with E-state index in [1.165, 1.54) is 22.3 Å². The van der Waals surface area contributed by atoms with Gasteiger partial charge in [-0.3, -0.25) is 0 Å². The highest BCUT2D eigenvalue weighted by Gasteiger charge is 2.37. The molecule has 2 heteroatoms. The number of benzene rings is 2. The Morgan fingerprint density at radius 3 is 2.52 bits per heavy atom. The van der Waals surface area contributed by atoms with Gasteiger partial charge in [-0.25, -0.2) is 0 Å². The topological polar surface area (TPSA) is 29.5 Å². The van der Waals surface area contributed by atoms with E-state index in [0.717, 1.165) is 24.2 Å². The van der Waals surface area contributed by atoms with Crippen LogP contribution < -0.4 is 4.74 Å². The molecule has 1 atom stereocenters. The average molecular weight is 282 g/mol. The molecule has 110 valence electrons. The zero-order chi connectivity index (χ0) is 15.0. The van der Waals surface area contributed by atoms with E-state index < -0.39 is 5.60 Å². The molecule has 0 spiro atoms. The van der Waals surface area contributed by atoms with Crippen molar-refractivity contribution in [2.45, 2.75) is 38.7 Å². The highest BCUT2D eigenvalue weighted by Crippen LogP contribution is 2.41. The Bertz CT molecular complexity index is 655. The number of hydrogen-bond donors (Lipinski definition) is 1. The van der Waals surface area contributed by atoms with Gasteiger partial charge in [0.1, 0.15) is 5.75 Å². The normalized spacial score (nSPS) is 20.4. The fraction of sp³-hybridized carbons (Fsp3) is 0.368. The van der Waals surface area contributed by atoms with E-state index in [-0.39, 0.29) is 0 Å². The third-order valence-corrected chi connectivity index (χ3v) is 4.74. The van der Waals surface area contributed by atoms with Crippen molar-refractivity contribution < 1.29 is 9.84 Å². The molecule has 1 unspecified atom stereocenters. The van der Waals surface area contributed by atoms with Gasteiger partial charge < -0.3 is 9.84 Å². The van der Waals surface area contributed by atoms with E-state index in [9.17, 15) is 5.11 Å². The molecule has 0 saturated heterocycles. The van der Waals surface area contributed by atoms with Crippen molar-refractivity contribution >= 4 is 0 Å². The van der Waals surface area contributed by atoms with E-state index in [1.54, 1.807) is 7.11 Å². The maximum Gasteiger partial charge on any atom is 0.119 e. The molecule has 0 bridgehead atoms. The van der Waals surface area contributed by atoms with Crippen molar-refractivity contribution in [3.63, 3.8) is 0 Å². The maximum atomic E-state index is 11.2. The number of aliphatic hydroxyl groups is 1. The summed E-state index contributed by atoms with van der Waals surface area (Å²) in [6.07, 6.45) is 2.38. The van der Waals surface area contributed by atoms with Crippen LogP contribution in [0.1, 0.15) is 34.2 Å². The summed E-state index contributed by atoms with van der Waals surface area (Å²) >= 11 is 0. The monoisotopic (exact) mass is 282 g/mol. The summed E-state index contributed by atoms with van der Waals surface area (Å²) < 4.78 is 5.32. The molecule has 1 N–H and O–H groups in total. The Hall–Kier alpha value is -1.80. The third kappa shape index (κ3) is 2.44. The van der Waals surface area contributed by atoms with Crippen molar-refractivity contribution in [3.05, 3.63) is 64.2 Å². The van der Waals surface area contributed by atoms with E-state index in [0.29, 0.717) is 6.42 Å². The summed E-state index contributed by atoms with van der Waals surface area (Å²) in [5.41, 5.74) is 5.25. The largest absolute Gasteiger partial charge is 0.497 e. The van der Waals surface area contributed by atoms with Gasteiger partial charge in [-0.15, -0.1) is 0 Å². The van der Waals surface area contributed by atoms with Gasteiger partial charge >= 0.3 is 0 Å². The first kappa shape index (κ1) is 14.2. The van der Waals surface area contributed by atoms with Crippen molar-refractivity contribution in [1.82, 2.24) is 0 Å². The summed E-state index contributed by atoms with van der Waals surface area (Å²) in [6, 6.07) is 12.4. The summed E-state index contributed by atoms with van der Waals surface area (Å²) in [5.74, 6) is 0.815. The van der Waals surface area contributed by atoms with Gasteiger partial charge in [0.2, 0.25) is 0 Å². The predicted molar refractivity (Wildman–Crippen MR) is 84.8 cm³/mol. The van der Waals surface area contributed by atoms with Crippen LogP contribution in [0.3, 0.4) is 0 Å². The molecule has 0 fully saturated rings. The third-order valence-electron chi connectivity index (χ3n) is 4.74. The Morgan fingerprint density at radius 2 is 1.86 bits per heavy atom. The summed E-state index contributed by atoms with van der Waals surface area (Å²) in [7, 11) is 1.67. The molecule has 3 rings (SSSR count). The molecule has 0 radical (unpaired) electrons. The zero-order valence-corrected chi connectivity index (χ0v) is 12.9. The minimum absolute atomic E-state index is 0.672. The van der Waals surface area contributed by atoms with Crippen LogP contribution in [0.15, 0.2) is 36.4 Å². The minimum atomic E-state index is -0.777. The molecule has 0 amide bonds. The minimum Gasteiger partial charge on any atom is -0.497 e. The molecule has 0 saturated carbocycles. The van der Waals surface area contributed by atoms with Crippen LogP contribution in [-0.2, 0) is 18.4 Å². The van der Waals surface area contributed by atoms with Crippen LogP contribution in [0, 0.1) is 13.8 Å². The standard InChI is InChI=1S/C19H22O2/c1-13-5-4-6-14(2)17(13)12-19(20)10-9-15-7-8-16(21-3)11-18(15)19/h4-8,11,20H,9-10,12H2,1-3H3. The lowest BCUT2D eigenvalue weighted by molar-refractivity contribution is 0.0385. The highest BCUT2D eigenvalue weighted by atomic mass is 16.5. The Morgan fingerprint density at radius 1 is 1.14 bits per heavy atom. The van der Waals surface area contributed by atoms with Crippen molar-refractivity contribution in [3.8, 4) is 5.75 Å². The number of hydrogen-bond acceptors (Lipinski definition) is 2. The van der Waals surface area contributed by atoms with Crippen molar-refractivity contribution in [1.29, 1.82) is 0 Å². The van der Waals surface area contributed by atoms with Gasteiger partial charge in [-0.1, -0.05) is 24.3 Å². The van der Waals surface area contributed by atoms with Gasteiger partial charge in [0.25, 0.3) is 0 Å². The second-order valence-corrected chi connectivity index (χ2v) is 6.10. The molecule has 21 heavy (non-hydrogen) atoms. The molecule has 1 aliphatic rings. The Balaban J connectivity index is 2.01. The van der Waals surface area contributed by atoms with Crippen molar-refractivity contribution in [2.75, 3.05) is 7.11 Å². The van der Waals surface area contributed by atoms with Gasteiger partial charge in [-0.05, 0) is 66.6 Å². The highest BCUT2D eigenvalue weighted by molar-refractivity contribution is 5.45. The number of methoxy groups -OCH3 is 1. The van der Waals surface area contributed by atoms with E-state index in [4.69, 9.17) is 4.74 Å². The van der Waals surface area contributed by atoms with E-state index in [2.05, 4.69) is 38.1 Å². The number of aryl methyl sites for hydroxylation is 3. The first-order chi connectivity index (χ1) is 10.0. The molecule has 0 heterocycles. The quantitative estimate of drug-likeness (QED) is 0.930. The number of ether oxygens (including phenoxy) is 1. The molecule has 2 aromatic carbocycles. The van der Waals surface area contributed by atoms with Gasteiger partial charge in [0.05, 0.1) is 12.7 Å². The van der Waals surface area contributed by atoms with Crippen molar-refractivity contribution in [2.24, 2.45) is 0 Å². The zero-order valence-electron chi connectivity index (χ0n) is 12.9. The predicted octanol–water partition coefficient (Wildman–Crippen LogP) is 3.69. The van der Waals surface area contributed by atoms with Crippen LogP contribution in [-0.4, -0.2) is 12.2 Å². The van der Waals surface area contributed by atoms with E-state index in [1.807, 2.05) is 12.1 Å². The van der Waals surface area contributed by atoms with Gasteiger partial charge in [-0.2, -0.15) is 0 Å². The fourth-order valence-corrected chi connectivity index (χ4v) is 3.41. The Kier molecular flexibility index (Phi) is 3.50. The summed E-state index contributed by atoms with van der Waals surface area (Å²) in [5, 5.41) is 11.2. The van der Waals surface area contributed by atoms with Crippen LogP contribution in [0.2, 0.25) is 0 Å². The van der Waals surface area contributed by atoms with Gasteiger partial charge in [0, 0.05) is 6.42 Å². The molecule has 1 aliphatic carbocycles. The first-order valence-electron chi connectivity index (χ1n) is 7.48. The summed E-state index contributed by atoms with van der Waals surface area (Å²) in [4.78, 5) is 0. The molecule has 2 aromatic rings. The van der Waals surface area contributed by atoms with Gasteiger partial charge in [0.15, 0.2) is 0 Å². The lowest BCUT2D eigenvalue weighted by Gasteiger charge is -2.26. The number of rotatable bonds is 3. The smallest absolute Gasteiger partial charge is 0.119 e. The van der Waals surface area contributed by atoms with E-state index >= 15 is 0 Å². The second kappa shape index (κ2) is 5.19. The molecular weight excluding hydrogens is 260 g/mol. The Labute approximate surface area is 126 Å².